The summed E-state index contributed by atoms with van der Waals surface area (Å²) in [7, 11) is 0. The van der Waals surface area contributed by atoms with Crippen molar-refractivity contribution in [1.29, 1.82) is 5.26 Å². The van der Waals surface area contributed by atoms with Gasteiger partial charge >= 0.3 is 0 Å². The molecule has 100 valence electrons. The van der Waals surface area contributed by atoms with Crippen LogP contribution in [0.15, 0.2) is 48.5 Å². The fourth-order valence-electron chi connectivity index (χ4n) is 2.50. The van der Waals surface area contributed by atoms with Gasteiger partial charge in [0.15, 0.2) is 0 Å². The van der Waals surface area contributed by atoms with Crippen molar-refractivity contribution in [3.05, 3.63) is 65.5 Å². The highest BCUT2D eigenvalue weighted by atomic mass is 19.1. The van der Waals surface area contributed by atoms with Crippen LogP contribution in [0, 0.1) is 17.1 Å². The smallest absolute Gasteiger partial charge is 0.147 e. The Morgan fingerprint density at radius 1 is 1.15 bits per heavy atom. The quantitative estimate of drug-likeness (QED) is 0.912. The first-order chi connectivity index (χ1) is 9.73. The Hall–Kier alpha value is -2.34. The molecule has 0 unspecified atom stereocenters. The van der Waals surface area contributed by atoms with Gasteiger partial charge in [0.25, 0.3) is 0 Å². The topological polar surface area (TPSA) is 35.8 Å². The number of benzene rings is 2. The molecule has 2 aromatic rings. The summed E-state index contributed by atoms with van der Waals surface area (Å²) in [5.74, 6) is -0.368. The lowest BCUT2D eigenvalue weighted by Gasteiger charge is -2.17. The number of nitrogens with zero attached hydrogens (tertiary/aromatic N) is 1. The molecule has 0 atom stereocenters. The third kappa shape index (κ3) is 2.37. The summed E-state index contributed by atoms with van der Waals surface area (Å²) in [5.41, 5.74) is 2.26. The summed E-state index contributed by atoms with van der Waals surface area (Å²) < 4.78 is 13.8. The molecule has 2 nitrogen and oxygen atoms in total. The summed E-state index contributed by atoms with van der Waals surface area (Å²) in [4.78, 5) is 0. The molecular weight excluding hydrogens is 251 g/mol. The second-order valence-corrected chi connectivity index (χ2v) is 5.31. The molecule has 0 saturated heterocycles. The normalized spacial score (nSPS) is 15.4. The van der Waals surface area contributed by atoms with Crippen molar-refractivity contribution >= 4 is 5.69 Å². The highest BCUT2D eigenvalue weighted by Gasteiger charge is 2.43. The molecule has 0 bridgehead atoms. The minimum absolute atomic E-state index is 0.140. The highest BCUT2D eigenvalue weighted by molar-refractivity contribution is 5.50. The molecule has 1 aliphatic rings. The monoisotopic (exact) mass is 266 g/mol. The van der Waals surface area contributed by atoms with Gasteiger partial charge < -0.3 is 5.32 Å². The Morgan fingerprint density at radius 2 is 1.90 bits per heavy atom. The maximum absolute atomic E-state index is 13.8. The van der Waals surface area contributed by atoms with Gasteiger partial charge in [0.1, 0.15) is 5.82 Å². The lowest BCUT2D eigenvalue weighted by Crippen LogP contribution is -2.20. The van der Waals surface area contributed by atoms with Gasteiger partial charge in [-0.05, 0) is 36.6 Å². The Labute approximate surface area is 117 Å². The van der Waals surface area contributed by atoms with Crippen molar-refractivity contribution < 1.29 is 4.39 Å². The summed E-state index contributed by atoms with van der Waals surface area (Å²) in [6.45, 7) is 0.722. The maximum Gasteiger partial charge on any atom is 0.147 e. The number of anilines is 1. The van der Waals surface area contributed by atoms with E-state index < -0.39 is 0 Å². The van der Waals surface area contributed by atoms with Gasteiger partial charge in [0.2, 0.25) is 0 Å². The molecule has 0 radical (unpaired) electrons. The fraction of sp³-hybridized carbons (Fsp3) is 0.235. The number of nitrogens with one attached hydrogen (secondary N) is 1. The first kappa shape index (κ1) is 12.7. The van der Waals surface area contributed by atoms with Gasteiger partial charge in [-0.3, -0.25) is 0 Å². The fourth-order valence-corrected chi connectivity index (χ4v) is 2.50. The third-order valence-corrected chi connectivity index (χ3v) is 3.96. The van der Waals surface area contributed by atoms with E-state index in [1.165, 1.54) is 11.6 Å². The van der Waals surface area contributed by atoms with Crippen molar-refractivity contribution in [2.24, 2.45) is 0 Å². The minimum atomic E-state index is -0.368. The molecule has 1 saturated carbocycles. The van der Waals surface area contributed by atoms with E-state index in [0.717, 1.165) is 19.4 Å². The van der Waals surface area contributed by atoms with Crippen LogP contribution in [0.2, 0.25) is 0 Å². The first-order valence-corrected chi connectivity index (χ1v) is 6.73. The average Bonchev–Trinajstić information content (AvgIpc) is 3.28. The molecule has 2 aromatic carbocycles. The van der Waals surface area contributed by atoms with Crippen molar-refractivity contribution in [2.45, 2.75) is 18.3 Å². The Kier molecular flexibility index (Phi) is 3.15. The minimum Gasteiger partial charge on any atom is -0.382 e. The van der Waals surface area contributed by atoms with E-state index in [2.05, 4.69) is 17.4 Å². The molecule has 1 fully saturated rings. The number of rotatable bonds is 4. The molecular formula is C17H15FN2. The molecule has 3 heteroatoms. The zero-order valence-electron chi connectivity index (χ0n) is 11.1. The highest BCUT2D eigenvalue weighted by Crippen LogP contribution is 2.48. The Morgan fingerprint density at radius 3 is 2.50 bits per heavy atom. The van der Waals surface area contributed by atoms with E-state index in [1.807, 2.05) is 24.3 Å². The van der Waals surface area contributed by atoms with Crippen LogP contribution >= 0.6 is 0 Å². The van der Waals surface area contributed by atoms with Crippen LogP contribution in [0.4, 0.5) is 10.1 Å². The summed E-state index contributed by atoms with van der Waals surface area (Å²) in [6.07, 6.45) is 2.25. The van der Waals surface area contributed by atoms with Crippen molar-refractivity contribution in [2.75, 3.05) is 11.9 Å². The standard InChI is InChI=1S/C17H15FN2/c18-15-10-13(11-19)6-7-16(15)20-12-17(8-9-17)14-4-2-1-3-5-14/h1-7,10,20H,8-9,12H2. The number of halogens is 1. The van der Waals surface area contributed by atoms with E-state index in [1.54, 1.807) is 12.1 Å². The van der Waals surface area contributed by atoms with Crippen LogP contribution < -0.4 is 5.32 Å². The molecule has 1 N–H and O–H groups in total. The van der Waals surface area contributed by atoms with Crippen LogP contribution in [-0.4, -0.2) is 6.54 Å². The van der Waals surface area contributed by atoms with Crippen LogP contribution in [0.5, 0.6) is 0 Å². The zero-order chi connectivity index (χ0) is 14.0. The van der Waals surface area contributed by atoms with Crippen molar-refractivity contribution in [3.63, 3.8) is 0 Å². The SMILES string of the molecule is N#Cc1ccc(NCC2(c3ccccc3)CC2)c(F)c1. The lowest BCUT2D eigenvalue weighted by molar-refractivity contribution is 0.626. The summed E-state index contributed by atoms with van der Waals surface area (Å²) in [5, 5.41) is 11.9. The van der Waals surface area contributed by atoms with Gasteiger partial charge in [-0.1, -0.05) is 30.3 Å². The molecule has 0 aliphatic heterocycles. The molecule has 20 heavy (non-hydrogen) atoms. The van der Waals surface area contributed by atoms with E-state index >= 15 is 0 Å². The van der Waals surface area contributed by atoms with Crippen LogP contribution in [0.25, 0.3) is 0 Å². The zero-order valence-corrected chi connectivity index (χ0v) is 11.1. The second-order valence-electron chi connectivity index (χ2n) is 5.31. The number of hydrogen-bond acceptors (Lipinski definition) is 2. The van der Waals surface area contributed by atoms with Crippen molar-refractivity contribution in [3.8, 4) is 6.07 Å². The summed E-state index contributed by atoms with van der Waals surface area (Å²) in [6, 6.07) is 16.8. The predicted molar refractivity (Wildman–Crippen MR) is 77.0 cm³/mol. The van der Waals surface area contributed by atoms with E-state index in [4.69, 9.17) is 5.26 Å². The predicted octanol–water partition coefficient (Wildman–Crippen LogP) is 3.84. The first-order valence-electron chi connectivity index (χ1n) is 6.73. The molecule has 0 amide bonds. The number of hydrogen-bond donors (Lipinski definition) is 1. The van der Waals surface area contributed by atoms with E-state index in [9.17, 15) is 4.39 Å². The van der Waals surface area contributed by atoms with Crippen LogP contribution in [-0.2, 0) is 5.41 Å². The molecule has 0 heterocycles. The average molecular weight is 266 g/mol. The number of nitriles is 1. The van der Waals surface area contributed by atoms with E-state index in [-0.39, 0.29) is 11.2 Å². The van der Waals surface area contributed by atoms with Gasteiger partial charge in [0, 0.05) is 12.0 Å². The van der Waals surface area contributed by atoms with Crippen LogP contribution in [0.1, 0.15) is 24.0 Å². The molecule has 3 rings (SSSR count). The van der Waals surface area contributed by atoms with Crippen molar-refractivity contribution in [1.82, 2.24) is 0 Å². The summed E-state index contributed by atoms with van der Waals surface area (Å²) >= 11 is 0. The largest absolute Gasteiger partial charge is 0.382 e. The van der Waals surface area contributed by atoms with Crippen LogP contribution in [0.3, 0.4) is 0 Å². The molecule has 0 spiro atoms. The van der Waals surface area contributed by atoms with Gasteiger partial charge in [0.05, 0.1) is 17.3 Å². The molecule has 1 aliphatic carbocycles. The maximum atomic E-state index is 13.8. The van der Waals surface area contributed by atoms with Gasteiger partial charge in [-0.25, -0.2) is 4.39 Å². The second kappa shape index (κ2) is 4.97. The van der Waals surface area contributed by atoms with Gasteiger partial charge in [-0.15, -0.1) is 0 Å². The Bertz CT molecular complexity index is 654. The lowest BCUT2D eigenvalue weighted by atomic mass is 9.96. The van der Waals surface area contributed by atoms with Gasteiger partial charge in [-0.2, -0.15) is 5.26 Å². The molecule has 0 aromatic heterocycles. The van der Waals surface area contributed by atoms with E-state index in [0.29, 0.717) is 11.3 Å². The Balaban J connectivity index is 1.73. The third-order valence-electron chi connectivity index (χ3n) is 3.96.